The molecule has 342 valence electrons. The standard InChI is InChI=1S/C51H79NO7S2/c1-35(2)19-14-12-13-15-25-46(53)52-32-42-26-27-44(45(31-42)56-11)57-47(54)33-60-61-34-48(55)58-49-39(7)40(8)50-43(41(49)9)28-30-51(10,59-50)29-18-24-38(6)23-17-22-37(5)21-16-20-36(3)4/h14,19,26-27,31,35-38H,12-13,15-18,20-25,28-30,32-34H2,1-11H3,(H,52,53)/b19-14+/t37-,38-,51-/m1/s1. The van der Waals surface area contributed by atoms with Gasteiger partial charge in [0.2, 0.25) is 5.91 Å². The lowest BCUT2D eigenvalue weighted by Gasteiger charge is -2.38. The first-order chi connectivity index (χ1) is 29.0. The molecule has 1 heterocycles. The molecule has 2 aromatic carbocycles. The van der Waals surface area contributed by atoms with Crippen LogP contribution < -0.4 is 24.3 Å². The minimum absolute atomic E-state index is 0.00496. The van der Waals surface area contributed by atoms with Gasteiger partial charge in [0.1, 0.15) is 28.6 Å². The number of carbonyl (C=O) groups is 3. The van der Waals surface area contributed by atoms with Crippen molar-refractivity contribution in [3.63, 3.8) is 0 Å². The van der Waals surface area contributed by atoms with Crippen molar-refractivity contribution in [3.05, 3.63) is 58.2 Å². The van der Waals surface area contributed by atoms with Crippen LogP contribution in [0.4, 0.5) is 0 Å². The Labute approximate surface area is 377 Å². The fourth-order valence-corrected chi connectivity index (χ4v) is 9.55. The number of methoxy groups -OCH3 is 1. The quantitative estimate of drug-likeness (QED) is 0.0294. The van der Waals surface area contributed by atoms with Crippen molar-refractivity contribution in [2.75, 3.05) is 18.6 Å². The Balaban J connectivity index is 1.40. The number of nitrogens with one attached hydrogen (secondary N) is 1. The Kier molecular flexibility index (Phi) is 23.3. The Hall–Kier alpha value is -3.11. The van der Waals surface area contributed by atoms with E-state index in [2.05, 4.69) is 72.9 Å². The normalized spacial score (nSPS) is 16.0. The summed E-state index contributed by atoms with van der Waals surface area (Å²) in [7, 11) is 4.01. The topological polar surface area (TPSA) is 100 Å². The molecule has 1 N–H and O–H groups in total. The Morgan fingerprint density at radius 2 is 1.44 bits per heavy atom. The van der Waals surface area contributed by atoms with Crippen molar-refractivity contribution in [1.82, 2.24) is 5.32 Å². The largest absolute Gasteiger partial charge is 0.493 e. The smallest absolute Gasteiger partial charge is 0.322 e. The first-order valence-corrected chi connectivity index (χ1v) is 25.6. The molecule has 8 nitrogen and oxygen atoms in total. The fraction of sp³-hybridized carbons (Fsp3) is 0.667. The molecule has 0 bridgehead atoms. The number of ether oxygens (including phenoxy) is 4. The zero-order valence-corrected chi connectivity index (χ0v) is 41.2. The molecule has 0 aliphatic carbocycles. The fourth-order valence-electron chi connectivity index (χ4n) is 8.00. The van der Waals surface area contributed by atoms with E-state index < -0.39 is 5.97 Å². The van der Waals surface area contributed by atoms with Gasteiger partial charge in [-0.15, -0.1) is 0 Å². The summed E-state index contributed by atoms with van der Waals surface area (Å²) in [5, 5.41) is 2.95. The molecule has 10 heteroatoms. The van der Waals surface area contributed by atoms with Crippen molar-refractivity contribution in [2.24, 2.45) is 23.7 Å². The van der Waals surface area contributed by atoms with Crippen LogP contribution in [0.1, 0.15) is 166 Å². The maximum atomic E-state index is 13.0. The van der Waals surface area contributed by atoms with Crippen LogP contribution in [0.5, 0.6) is 23.0 Å². The van der Waals surface area contributed by atoms with E-state index >= 15 is 0 Å². The number of amides is 1. The Morgan fingerprint density at radius 3 is 2.08 bits per heavy atom. The van der Waals surface area contributed by atoms with Gasteiger partial charge >= 0.3 is 11.9 Å². The van der Waals surface area contributed by atoms with Crippen molar-refractivity contribution < 1.29 is 33.3 Å². The van der Waals surface area contributed by atoms with Crippen LogP contribution in [0, 0.1) is 44.4 Å². The molecule has 0 radical (unpaired) electrons. The summed E-state index contributed by atoms with van der Waals surface area (Å²) in [6.45, 7) is 22.5. The molecular weight excluding hydrogens is 803 g/mol. The van der Waals surface area contributed by atoms with Gasteiger partial charge in [0.05, 0.1) is 7.11 Å². The molecule has 61 heavy (non-hydrogen) atoms. The van der Waals surface area contributed by atoms with Crippen LogP contribution in [0.2, 0.25) is 0 Å². The summed E-state index contributed by atoms with van der Waals surface area (Å²) in [6.07, 6.45) is 21.0. The molecule has 0 saturated heterocycles. The summed E-state index contributed by atoms with van der Waals surface area (Å²) in [5.41, 5.74) is 4.68. The van der Waals surface area contributed by atoms with Crippen molar-refractivity contribution in [3.8, 4) is 23.0 Å². The SMILES string of the molecule is COc1cc(CNC(=O)CCCC/C=C/C(C)C)ccc1OC(=O)CSSCC(=O)Oc1c(C)c(C)c2c(c1C)CC[C@@](C)(CCC[C@H](C)CCC[C@H](C)CCCC(C)C)O2. The van der Waals surface area contributed by atoms with Crippen LogP contribution >= 0.6 is 21.6 Å². The van der Waals surface area contributed by atoms with Crippen LogP contribution in [0.3, 0.4) is 0 Å². The molecule has 0 aromatic heterocycles. The summed E-state index contributed by atoms with van der Waals surface area (Å²) >= 11 is 0. The van der Waals surface area contributed by atoms with Gasteiger partial charge in [0, 0.05) is 18.5 Å². The molecule has 1 aliphatic heterocycles. The maximum absolute atomic E-state index is 13.0. The van der Waals surface area contributed by atoms with Crippen molar-refractivity contribution >= 4 is 39.4 Å². The minimum atomic E-state index is -0.458. The molecule has 3 rings (SSSR count). The summed E-state index contributed by atoms with van der Waals surface area (Å²) in [4.78, 5) is 38.1. The number of hydrogen-bond donors (Lipinski definition) is 1. The van der Waals surface area contributed by atoms with E-state index in [0.29, 0.717) is 36.1 Å². The van der Waals surface area contributed by atoms with Gasteiger partial charge in [-0.1, -0.05) is 126 Å². The highest BCUT2D eigenvalue weighted by atomic mass is 33.1. The van der Waals surface area contributed by atoms with Gasteiger partial charge in [-0.3, -0.25) is 14.4 Å². The monoisotopic (exact) mass is 882 g/mol. The predicted octanol–water partition coefficient (Wildman–Crippen LogP) is 13.4. The third-order valence-electron chi connectivity index (χ3n) is 12.0. The second-order valence-corrected chi connectivity index (χ2v) is 21.0. The average molecular weight is 882 g/mol. The van der Waals surface area contributed by atoms with Crippen LogP contribution in [-0.2, 0) is 27.3 Å². The third-order valence-corrected chi connectivity index (χ3v) is 14.1. The highest BCUT2D eigenvalue weighted by Crippen LogP contribution is 2.45. The lowest BCUT2D eigenvalue weighted by Crippen LogP contribution is -2.37. The summed E-state index contributed by atoms with van der Waals surface area (Å²) in [6, 6.07) is 5.24. The van der Waals surface area contributed by atoms with Crippen LogP contribution in [0.25, 0.3) is 0 Å². The van der Waals surface area contributed by atoms with E-state index in [1.165, 1.54) is 73.6 Å². The van der Waals surface area contributed by atoms with Crippen molar-refractivity contribution in [1.29, 1.82) is 0 Å². The molecule has 1 amide bonds. The third kappa shape index (κ3) is 19.0. The van der Waals surface area contributed by atoms with Gasteiger partial charge in [-0.25, -0.2) is 0 Å². The zero-order chi connectivity index (χ0) is 45.0. The number of unbranched alkanes of at least 4 members (excludes halogenated alkanes) is 2. The number of carbonyl (C=O) groups excluding carboxylic acids is 3. The second kappa shape index (κ2) is 27.2. The number of benzene rings is 2. The van der Waals surface area contributed by atoms with Crippen LogP contribution in [0.15, 0.2) is 30.4 Å². The lowest BCUT2D eigenvalue weighted by atomic mass is 9.83. The van der Waals surface area contributed by atoms with E-state index in [4.69, 9.17) is 18.9 Å². The Morgan fingerprint density at radius 1 is 0.803 bits per heavy atom. The molecule has 0 unspecified atom stereocenters. The zero-order valence-electron chi connectivity index (χ0n) is 39.6. The number of allylic oxidation sites excluding steroid dienone is 2. The first-order valence-electron chi connectivity index (χ1n) is 23.1. The van der Waals surface area contributed by atoms with Crippen molar-refractivity contribution in [2.45, 2.75) is 178 Å². The minimum Gasteiger partial charge on any atom is -0.493 e. The molecule has 0 spiro atoms. The maximum Gasteiger partial charge on any atom is 0.322 e. The van der Waals surface area contributed by atoms with E-state index in [9.17, 15) is 14.4 Å². The highest BCUT2D eigenvalue weighted by Gasteiger charge is 2.35. The van der Waals surface area contributed by atoms with Gasteiger partial charge in [0.25, 0.3) is 0 Å². The highest BCUT2D eigenvalue weighted by molar-refractivity contribution is 8.77. The second-order valence-electron chi connectivity index (χ2n) is 18.6. The van der Waals surface area contributed by atoms with Crippen LogP contribution in [-0.4, -0.2) is 42.1 Å². The van der Waals surface area contributed by atoms with Gasteiger partial charge in [0.15, 0.2) is 11.5 Å². The Bertz CT molecular complexity index is 1720. The van der Waals surface area contributed by atoms with E-state index in [0.717, 1.165) is 96.3 Å². The number of fused-ring (bicyclic) bond motifs is 1. The molecule has 0 fully saturated rings. The number of esters is 2. The molecule has 3 atom stereocenters. The molecule has 2 aromatic rings. The predicted molar refractivity (Wildman–Crippen MR) is 256 cm³/mol. The average Bonchev–Trinajstić information content (AvgIpc) is 3.20. The van der Waals surface area contributed by atoms with E-state index in [1.54, 1.807) is 18.2 Å². The molecule has 1 aliphatic rings. The van der Waals surface area contributed by atoms with E-state index in [1.807, 2.05) is 13.8 Å². The first kappa shape index (κ1) is 52.2. The van der Waals surface area contributed by atoms with E-state index in [-0.39, 0.29) is 29.0 Å². The number of rotatable bonds is 28. The van der Waals surface area contributed by atoms with Gasteiger partial charge < -0.3 is 24.3 Å². The molecular formula is C51H79NO7S2. The van der Waals surface area contributed by atoms with Gasteiger partial charge in [-0.2, -0.15) is 0 Å². The summed E-state index contributed by atoms with van der Waals surface area (Å²) < 4.78 is 23.8. The van der Waals surface area contributed by atoms with Gasteiger partial charge in [-0.05, 0) is 131 Å². The molecule has 0 saturated carbocycles. The lowest BCUT2D eigenvalue weighted by molar-refractivity contribution is -0.132. The number of hydrogen-bond acceptors (Lipinski definition) is 9. The summed E-state index contributed by atoms with van der Waals surface area (Å²) in [5.74, 6) is 4.49.